The van der Waals surface area contributed by atoms with Gasteiger partial charge >= 0.3 is 0 Å². The van der Waals surface area contributed by atoms with Gasteiger partial charge in [-0.1, -0.05) is 34.5 Å². The molecule has 5 heteroatoms. The number of carbonyl (C=O) groups excluding carboxylic acids is 1. The van der Waals surface area contributed by atoms with Crippen LogP contribution in [0.15, 0.2) is 22.7 Å². The van der Waals surface area contributed by atoms with Crippen molar-refractivity contribution in [3.05, 3.63) is 33.3 Å². The van der Waals surface area contributed by atoms with Crippen molar-refractivity contribution in [1.29, 1.82) is 0 Å². The van der Waals surface area contributed by atoms with Gasteiger partial charge in [-0.2, -0.15) is 0 Å². The molecule has 3 nitrogen and oxygen atoms in total. The monoisotopic (exact) mass is 333 g/mol. The van der Waals surface area contributed by atoms with Gasteiger partial charge in [-0.15, -0.1) is 0 Å². The Morgan fingerprint density at radius 1 is 1.50 bits per heavy atom. The van der Waals surface area contributed by atoms with Gasteiger partial charge in [-0.05, 0) is 36.6 Å². The van der Waals surface area contributed by atoms with E-state index < -0.39 is 0 Å². The molecule has 100 valence electrons. The third kappa shape index (κ3) is 4.59. The molecule has 0 aliphatic heterocycles. The van der Waals surface area contributed by atoms with Crippen LogP contribution < -0.4 is 5.32 Å². The number of hydrogen-bond donors (Lipinski definition) is 2. The summed E-state index contributed by atoms with van der Waals surface area (Å²) in [5.74, 6) is -0.0393. The van der Waals surface area contributed by atoms with Gasteiger partial charge in [0.25, 0.3) is 0 Å². The number of halogens is 2. The van der Waals surface area contributed by atoms with Crippen LogP contribution in [0, 0.1) is 5.92 Å². The summed E-state index contributed by atoms with van der Waals surface area (Å²) in [4.78, 5) is 11.9. The predicted molar refractivity (Wildman–Crippen MR) is 76.7 cm³/mol. The van der Waals surface area contributed by atoms with Crippen molar-refractivity contribution in [2.45, 2.75) is 26.3 Å². The van der Waals surface area contributed by atoms with E-state index in [0.717, 1.165) is 10.0 Å². The molecular weight excluding hydrogens is 318 g/mol. The number of carbonyl (C=O) groups is 1. The second kappa shape index (κ2) is 7.12. The van der Waals surface area contributed by atoms with Crippen molar-refractivity contribution in [2.24, 2.45) is 5.92 Å². The van der Waals surface area contributed by atoms with Crippen LogP contribution in [0.1, 0.15) is 19.4 Å². The summed E-state index contributed by atoms with van der Waals surface area (Å²) in [5.41, 5.74) is 0.851. The van der Waals surface area contributed by atoms with E-state index in [4.69, 9.17) is 16.7 Å². The number of hydrogen-bond acceptors (Lipinski definition) is 2. The highest BCUT2D eigenvalue weighted by molar-refractivity contribution is 9.10. The van der Waals surface area contributed by atoms with Gasteiger partial charge in [-0.3, -0.25) is 4.79 Å². The van der Waals surface area contributed by atoms with E-state index in [-0.39, 0.29) is 30.9 Å². The summed E-state index contributed by atoms with van der Waals surface area (Å²) >= 11 is 9.28. The van der Waals surface area contributed by atoms with E-state index in [1.807, 2.05) is 19.9 Å². The molecule has 0 saturated heterocycles. The second-order valence-electron chi connectivity index (χ2n) is 4.43. The standard InChI is InChI=1S/C13H17BrClNO2/c1-8(7-17)9(2)16-13(18)6-10-5-11(15)3-4-12(10)14/h3-5,8-9,17H,6-7H2,1-2H3,(H,16,18). The number of rotatable bonds is 5. The summed E-state index contributed by atoms with van der Waals surface area (Å²) in [6, 6.07) is 5.31. The zero-order valence-electron chi connectivity index (χ0n) is 10.4. The Kier molecular flexibility index (Phi) is 6.12. The highest BCUT2D eigenvalue weighted by Gasteiger charge is 2.15. The molecule has 0 heterocycles. The Balaban J connectivity index is 2.62. The van der Waals surface area contributed by atoms with E-state index in [1.165, 1.54) is 0 Å². The lowest BCUT2D eigenvalue weighted by Crippen LogP contribution is -2.39. The van der Waals surface area contributed by atoms with E-state index in [9.17, 15) is 4.79 Å². The summed E-state index contributed by atoms with van der Waals surface area (Å²) in [7, 11) is 0. The van der Waals surface area contributed by atoms with Gasteiger partial charge in [0, 0.05) is 22.1 Å². The fraction of sp³-hybridized carbons (Fsp3) is 0.462. The van der Waals surface area contributed by atoms with Crippen LogP contribution in [0.4, 0.5) is 0 Å². The van der Waals surface area contributed by atoms with Crippen LogP contribution in [0.3, 0.4) is 0 Å². The van der Waals surface area contributed by atoms with Gasteiger partial charge in [0.1, 0.15) is 0 Å². The van der Waals surface area contributed by atoms with E-state index >= 15 is 0 Å². The molecule has 1 rings (SSSR count). The summed E-state index contributed by atoms with van der Waals surface area (Å²) in [5, 5.41) is 12.5. The normalized spacial score (nSPS) is 14.1. The Labute approximate surface area is 121 Å². The number of aliphatic hydroxyl groups is 1. The molecule has 0 aliphatic rings. The topological polar surface area (TPSA) is 49.3 Å². The average molecular weight is 335 g/mol. The first-order valence-corrected chi connectivity index (χ1v) is 6.95. The van der Waals surface area contributed by atoms with Gasteiger partial charge in [0.05, 0.1) is 6.42 Å². The Hall–Kier alpha value is -0.580. The molecule has 1 amide bonds. The molecule has 18 heavy (non-hydrogen) atoms. The summed E-state index contributed by atoms with van der Waals surface area (Å²) in [6.07, 6.45) is 0.267. The molecule has 0 saturated carbocycles. The van der Waals surface area contributed by atoms with Crippen LogP contribution in [0.5, 0.6) is 0 Å². The van der Waals surface area contributed by atoms with Gasteiger partial charge in [0.15, 0.2) is 0 Å². The minimum absolute atomic E-state index is 0.0387. The van der Waals surface area contributed by atoms with Crippen LogP contribution >= 0.6 is 27.5 Å². The van der Waals surface area contributed by atoms with E-state index in [1.54, 1.807) is 12.1 Å². The molecule has 2 N–H and O–H groups in total. The van der Waals surface area contributed by atoms with Crippen molar-refractivity contribution < 1.29 is 9.90 Å². The zero-order chi connectivity index (χ0) is 13.7. The third-order valence-corrected chi connectivity index (χ3v) is 3.90. The largest absolute Gasteiger partial charge is 0.396 e. The van der Waals surface area contributed by atoms with Crippen LogP contribution in [-0.4, -0.2) is 23.7 Å². The fourth-order valence-corrected chi connectivity index (χ4v) is 2.04. The number of amides is 1. The number of benzene rings is 1. The Morgan fingerprint density at radius 3 is 2.78 bits per heavy atom. The van der Waals surface area contributed by atoms with Gasteiger partial charge in [0.2, 0.25) is 5.91 Å². The molecule has 2 unspecified atom stereocenters. The van der Waals surface area contributed by atoms with E-state index in [2.05, 4.69) is 21.2 Å². The molecule has 0 spiro atoms. The molecule has 0 radical (unpaired) electrons. The molecular formula is C13H17BrClNO2. The lowest BCUT2D eigenvalue weighted by Gasteiger charge is -2.19. The minimum atomic E-state index is -0.0780. The van der Waals surface area contributed by atoms with Crippen molar-refractivity contribution in [3.63, 3.8) is 0 Å². The minimum Gasteiger partial charge on any atom is -0.396 e. The number of nitrogens with one attached hydrogen (secondary N) is 1. The van der Waals surface area contributed by atoms with Crippen LogP contribution in [-0.2, 0) is 11.2 Å². The first kappa shape index (κ1) is 15.5. The molecule has 0 bridgehead atoms. The van der Waals surface area contributed by atoms with E-state index in [0.29, 0.717) is 5.02 Å². The highest BCUT2D eigenvalue weighted by atomic mass is 79.9. The molecule has 0 fully saturated rings. The average Bonchev–Trinajstić information content (AvgIpc) is 2.32. The van der Waals surface area contributed by atoms with Gasteiger partial charge in [-0.25, -0.2) is 0 Å². The van der Waals surface area contributed by atoms with Crippen LogP contribution in [0.2, 0.25) is 5.02 Å². The van der Waals surface area contributed by atoms with Gasteiger partial charge < -0.3 is 10.4 Å². The van der Waals surface area contributed by atoms with Crippen molar-refractivity contribution in [1.82, 2.24) is 5.32 Å². The molecule has 2 atom stereocenters. The molecule has 1 aromatic carbocycles. The SMILES string of the molecule is CC(CO)C(C)NC(=O)Cc1cc(Cl)ccc1Br. The first-order chi connectivity index (χ1) is 8.43. The lowest BCUT2D eigenvalue weighted by molar-refractivity contribution is -0.121. The number of aliphatic hydroxyl groups excluding tert-OH is 1. The summed E-state index contributed by atoms with van der Waals surface area (Å²) < 4.78 is 0.866. The molecule has 0 aromatic heterocycles. The third-order valence-electron chi connectivity index (χ3n) is 2.89. The maximum Gasteiger partial charge on any atom is 0.224 e. The highest BCUT2D eigenvalue weighted by Crippen LogP contribution is 2.21. The van der Waals surface area contributed by atoms with Crippen molar-refractivity contribution >= 4 is 33.4 Å². The van der Waals surface area contributed by atoms with Crippen molar-refractivity contribution in [2.75, 3.05) is 6.61 Å². The molecule has 1 aromatic rings. The molecule has 0 aliphatic carbocycles. The smallest absolute Gasteiger partial charge is 0.224 e. The maximum absolute atomic E-state index is 11.9. The van der Waals surface area contributed by atoms with Crippen molar-refractivity contribution in [3.8, 4) is 0 Å². The lowest BCUT2D eigenvalue weighted by atomic mass is 10.0. The fourth-order valence-electron chi connectivity index (χ4n) is 1.46. The quantitative estimate of drug-likeness (QED) is 0.870. The maximum atomic E-state index is 11.9. The Morgan fingerprint density at radius 2 is 2.17 bits per heavy atom. The zero-order valence-corrected chi connectivity index (χ0v) is 12.8. The second-order valence-corrected chi connectivity index (χ2v) is 5.72. The first-order valence-electron chi connectivity index (χ1n) is 5.78. The summed E-state index contributed by atoms with van der Waals surface area (Å²) in [6.45, 7) is 3.83. The van der Waals surface area contributed by atoms with Crippen LogP contribution in [0.25, 0.3) is 0 Å². The predicted octanol–water partition coefficient (Wildman–Crippen LogP) is 2.78. The Bertz CT molecular complexity index is 425.